The van der Waals surface area contributed by atoms with Crippen LogP contribution in [0.4, 0.5) is 0 Å². The standard InChI is InChI=1S/C20H32N2/c1-16-6-5-14-21-19(16)18-9-7-17(8-10-18)11-15-22-20(2)12-3-4-13-20/h5-6,14,17-18,22H,3-4,7-13,15H2,1-2H3. The smallest absolute Gasteiger partial charge is 0.0463 e. The van der Waals surface area contributed by atoms with Crippen molar-refractivity contribution in [1.29, 1.82) is 0 Å². The zero-order valence-corrected chi connectivity index (χ0v) is 14.4. The molecule has 0 aromatic carbocycles. The highest BCUT2D eigenvalue weighted by Crippen LogP contribution is 2.37. The molecule has 1 heterocycles. The molecule has 0 aliphatic heterocycles. The maximum Gasteiger partial charge on any atom is 0.0463 e. The maximum absolute atomic E-state index is 4.64. The van der Waals surface area contributed by atoms with Gasteiger partial charge >= 0.3 is 0 Å². The van der Waals surface area contributed by atoms with Crippen LogP contribution in [-0.4, -0.2) is 17.1 Å². The van der Waals surface area contributed by atoms with Gasteiger partial charge in [-0.2, -0.15) is 0 Å². The van der Waals surface area contributed by atoms with Gasteiger partial charge in [-0.15, -0.1) is 0 Å². The Morgan fingerprint density at radius 1 is 1.18 bits per heavy atom. The third-order valence-corrected chi connectivity index (χ3v) is 6.09. The summed E-state index contributed by atoms with van der Waals surface area (Å²) in [7, 11) is 0. The van der Waals surface area contributed by atoms with Crippen molar-refractivity contribution in [3.05, 3.63) is 29.6 Å². The second-order valence-corrected chi connectivity index (χ2v) is 7.91. The monoisotopic (exact) mass is 300 g/mol. The van der Waals surface area contributed by atoms with Crippen LogP contribution in [0.5, 0.6) is 0 Å². The van der Waals surface area contributed by atoms with E-state index in [4.69, 9.17) is 0 Å². The van der Waals surface area contributed by atoms with E-state index in [-0.39, 0.29) is 0 Å². The third-order valence-electron chi connectivity index (χ3n) is 6.09. The molecule has 3 rings (SSSR count). The molecule has 2 fully saturated rings. The summed E-state index contributed by atoms with van der Waals surface area (Å²) in [5.74, 6) is 1.63. The first kappa shape index (κ1) is 16.0. The van der Waals surface area contributed by atoms with Gasteiger partial charge in [0.25, 0.3) is 0 Å². The molecular weight excluding hydrogens is 268 g/mol. The van der Waals surface area contributed by atoms with Gasteiger partial charge in [-0.1, -0.05) is 18.9 Å². The number of hydrogen-bond acceptors (Lipinski definition) is 2. The molecule has 0 radical (unpaired) electrons. The maximum atomic E-state index is 4.64. The van der Waals surface area contributed by atoms with Gasteiger partial charge < -0.3 is 5.32 Å². The summed E-state index contributed by atoms with van der Waals surface area (Å²) in [6, 6.07) is 4.26. The van der Waals surface area contributed by atoms with Crippen molar-refractivity contribution >= 4 is 0 Å². The van der Waals surface area contributed by atoms with E-state index in [1.807, 2.05) is 6.20 Å². The Kier molecular flexibility index (Phi) is 5.18. The SMILES string of the molecule is Cc1cccnc1C1CCC(CCNC2(C)CCCC2)CC1. The zero-order chi connectivity index (χ0) is 15.4. The van der Waals surface area contributed by atoms with E-state index in [9.17, 15) is 0 Å². The molecule has 1 aromatic rings. The van der Waals surface area contributed by atoms with Crippen LogP contribution < -0.4 is 5.32 Å². The highest BCUT2D eigenvalue weighted by molar-refractivity contribution is 5.21. The normalized spacial score (nSPS) is 27.9. The van der Waals surface area contributed by atoms with Crippen molar-refractivity contribution in [3.63, 3.8) is 0 Å². The lowest BCUT2D eigenvalue weighted by Gasteiger charge is -2.31. The number of aryl methyl sites for hydroxylation is 1. The summed E-state index contributed by atoms with van der Waals surface area (Å²) in [5, 5.41) is 3.84. The van der Waals surface area contributed by atoms with Crippen LogP contribution in [0.2, 0.25) is 0 Å². The van der Waals surface area contributed by atoms with E-state index in [0.29, 0.717) is 11.5 Å². The second-order valence-electron chi connectivity index (χ2n) is 7.91. The first-order valence-corrected chi connectivity index (χ1v) is 9.33. The van der Waals surface area contributed by atoms with Crippen molar-refractivity contribution < 1.29 is 0 Å². The highest BCUT2D eigenvalue weighted by atomic mass is 15.0. The van der Waals surface area contributed by atoms with Crippen molar-refractivity contribution in [2.45, 2.75) is 83.1 Å². The number of hydrogen-bond donors (Lipinski definition) is 1. The van der Waals surface area contributed by atoms with Crippen LogP contribution in [0.1, 0.15) is 81.9 Å². The van der Waals surface area contributed by atoms with E-state index in [0.717, 1.165) is 5.92 Å². The Balaban J connectivity index is 1.41. The van der Waals surface area contributed by atoms with Crippen LogP contribution in [0, 0.1) is 12.8 Å². The van der Waals surface area contributed by atoms with Crippen molar-refractivity contribution in [1.82, 2.24) is 10.3 Å². The minimum atomic E-state index is 0.447. The highest BCUT2D eigenvalue weighted by Gasteiger charge is 2.28. The molecule has 2 heteroatoms. The molecule has 1 N–H and O–H groups in total. The summed E-state index contributed by atoms with van der Waals surface area (Å²) < 4.78 is 0. The summed E-state index contributed by atoms with van der Waals surface area (Å²) in [6.07, 6.45) is 14.3. The van der Waals surface area contributed by atoms with E-state index in [2.05, 4.69) is 36.3 Å². The fourth-order valence-electron chi connectivity index (χ4n) is 4.56. The quantitative estimate of drug-likeness (QED) is 0.830. The molecule has 2 nitrogen and oxygen atoms in total. The van der Waals surface area contributed by atoms with E-state index in [1.165, 1.54) is 75.6 Å². The van der Waals surface area contributed by atoms with Gasteiger partial charge in [0.2, 0.25) is 0 Å². The lowest BCUT2D eigenvalue weighted by atomic mass is 9.78. The zero-order valence-electron chi connectivity index (χ0n) is 14.4. The molecule has 0 bridgehead atoms. The molecule has 0 atom stereocenters. The molecule has 122 valence electrons. The Morgan fingerprint density at radius 3 is 2.59 bits per heavy atom. The average molecular weight is 300 g/mol. The third kappa shape index (κ3) is 3.90. The van der Waals surface area contributed by atoms with Gasteiger partial charge in [-0.3, -0.25) is 4.98 Å². The first-order valence-electron chi connectivity index (χ1n) is 9.33. The van der Waals surface area contributed by atoms with Gasteiger partial charge in [0, 0.05) is 23.3 Å². The Hall–Kier alpha value is -0.890. The second kappa shape index (κ2) is 7.12. The van der Waals surface area contributed by atoms with Crippen molar-refractivity contribution in [3.8, 4) is 0 Å². The molecule has 0 spiro atoms. The van der Waals surface area contributed by atoms with Crippen LogP contribution in [0.25, 0.3) is 0 Å². The molecule has 0 saturated heterocycles. The van der Waals surface area contributed by atoms with Gasteiger partial charge in [0.05, 0.1) is 0 Å². The van der Waals surface area contributed by atoms with E-state index < -0.39 is 0 Å². The number of rotatable bonds is 5. The summed E-state index contributed by atoms with van der Waals surface area (Å²) in [5.41, 5.74) is 3.18. The molecule has 1 aromatic heterocycles. The topological polar surface area (TPSA) is 24.9 Å². The fraction of sp³-hybridized carbons (Fsp3) is 0.750. The molecule has 0 unspecified atom stereocenters. The number of pyridine rings is 1. The van der Waals surface area contributed by atoms with Crippen LogP contribution in [0.3, 0.4) is 0 Å². The van der Waals surface area contributed by atoms with Gasteiger partial charge in [0.1, 0.15) is 0 Å². The number of nitrogens with one attached hydrogen (secondary N) is 1. The summed E-state index contributed by atoms with van der Waals surface area (Å²) in [6.45, 7) is 5.84. The largest absolute Gasteiger partial charge is 0.312 e. The molecule has 2 aliphatic rings. The van der Waals surface area contributed by atoms with Crippen molar-refractivity contribution in [2.24, 2.45) is 5.92 Å². The average Bonchev–Trinajstić information content (AvgIpc) is 2.96. The molecule has 0 amide bonds. The van der Waals surface area contributed by atoms with Crippen LogP contribution in [0.15, 0.2) is 18.3 Å². The lowest BCUT2D eigenvalue weighted by Crippen LogP contribution is -2.40. The van der Waals surface area contributed by atoms with Gasteiger partial charge in [-0.05, 0) is 82.9 Å². The predicted molar refractivity (Wildman–Crippen MR) is 93.2 cm³/mol. The minimum Gasteiger partial charge on any atom is -0.312 e. The summed E-state index contributed by atoms with van der Waals surface area (Å²) >= 11 is 0. The van der Waals surface area contributed by atoms with Crippen LogP contribution in [-0.2, 0) is 0 Å². The van der Waals surface area contributed by atoms with Crippen molar-refractivity contribution in [2.75, 3.05) is 6.54 Å². The molecular formula is C20H32N2. The lowest BCUT2D eigenvalue weighted by molar-refractivity contribution is 0.283. The Bertz CT molecular complexity index is 468. The van der Waals surface area contributed by atoms with Crippen LogP contribution >= 0.6 is 0 Å². The molecule has 2 saturated carbocycles. The number of nitrogens with zero attached hydrogens (tertiary/aromatic N) is 1. The fourth-order valence-corrected chi connectivity index (χ4v) is 4.56. The Labute approximate surface area is 136 Å². The minimum absolute atomic E-state index is 0.447. The summed E-state index contributed by atoms with van der Waals surface area (Å²) in [4.78, 5) is 4.64. The van der Waals surface area contributed by atoms with E-state index >= 15 is 0 Å². The van der Waals surface area contributed by atoms with Gasteiger partial charge in [0.15, 0.2) is 0 Å². The first-order chi connectivity index (χ1) is 10.7. The Morgan fingerprint density at radius 2 is 1.91 bits per heavy atom. The predicted octanol–water partition coefficient (Wildman–Crippen LogP) is 4.98. The number of aromatic nitrogens is 1. The molecule has 22 heavy (non-hydrogen) atoms. The van der Waals surface area contributed by atoms with Gasteiger partial charge in [-0.25, -0.2) is 0 Å². The molecule has 2 aliphatic carbocycles. The van der Waals surface area contributed by atoms with E-state index in [1.54, 1.807) is 0 Å².